The summed E-state index contributed by atoms with van der Waals surface area (Å²) >= 11 is 0. The molecule has 2 aliphatic heterocycles. The molecule has 0 fully saturated rings. The second-order valence-electron chi connectivity index (χ2n) is 5.46. The molecule has 0 aliphatic carbocycles. The van der Waals surface area contributed by atoms with Crippen LogP contribution in [0.2, 0.25) is 0 Å². The lowest BCUT2D eigenvalue weighted by molar-refractivity contribution is 0.0557. The molecular weight excluding hydrogens is 264 g/mol. The Kier molecular flexibility index (Phi) is 2.57. The minimum absolute atomic E-state index is 0.00866. The van der Waals surface area contributed by atoms with Gasteiger partial charge in [0.15, 0.2) is 0 Å². The first-order chi connectivity index (χ1) is 10.2. The Hall–Kier alpha value is -2.62. The molecule has 0 bridgehead atoms. The first-order valence-corrected chi connectivity index (χ1v) is 6.98. The summed E-state index contributed by atoms with van der Waals surface area (Å²) in [4.78, 5) is 28.2. The fourth-order valence-corrected chi connectivity index (χ4v) is 3.06. The molecule has 2 heterocycles. The van der Waals surface area contributed by atoms with E-state index < -0.39 is 0 Å². The van der Waals surface area contributed by atoms with Crippen molar-refractivity contribution in [2.45, 2.75) is 13.1 Å². The highest BCUT2D eigenvalue weighted by Crippen LogP contribution is 2.26. The fraction of sp³-hybridized carbons (Fsp3) is 0.176. The Balaban J connectivity index is 1.55. The van der Waals surface area contributed by atoms with Crippen LogP contribution >= 0.6 is 0 Å². The summed E-state index contributed by atoms with van der Waals surface area (Å²) in [5, 5.41) is 0. The highest BCUT2D eigenvalue weighted by atomic mass is 16.2. The molecule has 0 spiro atoms. The van der Waals surface area contributed by atoms with Crippen molar-refractivity contribution in [1.82, 2.24) is 9.80 Å². The molecule has 104 valence electrons. The van der Waals surface area contributed by atoms with E-state index in [1.54, 1.807) is 9.80 Å². The molecule has 0 unspecified atom stereocenters. The number of nitrogens with zero attached hydrogens (tertiary/aromatic N) is 2. The van der Waals surface area contributed by atoms with E-state index in [1.165, 1.54) is 0 Å². The Morgan fingerprint density at radius 1 is 0.714 bits per heavy atom. The highest BCUT2D eigenvalue weighted by molar-refractivity contribution is 6.00. The number of carbonyl (C=O) groups excluding carboxylic acids is 2. The zero-order chi connectivity index (χ0) is 14.4. The van der Waals surface area contributed by atoms with Gasteiger partial charge in [0.25, 0.3) is 11.8 Å². The van der Waals surface area contributed by atoms with Gasteiger partial charge in [-0.25, -0.2) is 0 Å². The number of carbonyl (C=O) groups is 2. The van der Waals surface area contributed by atoms with Crippen LogP contribution in [0.25, 0.3) is 0 Å². The number of amides is 2. The van der Waals surface area contributed by atoms with Crippen LogP contribution < -0.4 is 0 Å². The first kappa shape index (κ1) is 12.1. The third kappa shape index (κ3) is 1.83. The summed E-state index contributed by atoms with van der Waals surface area (Å²) in [6.45, 7) is 1.51. The maximum absolute atomic E-state index is 12.4. The molecule has 2 aromatic carbocycles. The topological polar surface area (TPSA) is 40.6 Å². The molecule has 0 saturated heterocycles. The van der Waals surface area contributed by atoms with Gasteiger partial charge in [0, 0.05) is 24.2 Å². The molecule has 21 heavy (non-hydrogen) atoms. The number of rotatable bonds is 2. The van der Waals surface area contributed by atoms with Gasteiger partial charge in [-0.05, 0) is 23.3 Å². The van der Waals surface area contributed by atoms with E-state index in [9.17, 15) is 9.59 Å². The number of fused-ring (bicyclic) bond motifs is 2. The van der Waals surface area contributed by atoms with Gasteiger partial charge < -0.3 is 9.80 Å². The van der Waals surface area contributed by atoms with Gasteiger partial charge >= 0.3 is 0 Å². The summed E-state index contributed by atoms with van der Waals surface area (Å²) in [5.74, 6) is 0.0173. The summed E-state index contributed by atoms with van der Waals surface area (Å²) in [5.41, 5.74) is 3.57. The van der Waals surface area contributed by atoms with Gasteiger partial charge in [0.1, 0.15) is 0 Å². The zero-order valence-electron chi connectivity index (χ0n) is 11.5. The second kappa shape index (κ2) is 4.45. The summed E-state index contributed by atoms with van der Waals surface area (Å²) in [6, 6.07) is 15.2. The number of hydrogen-bond acceptors (Lipinski definition) is 2. The monoisotopic (exact) mass is 278 g/mol. The lowest BCUT2D eigenvalue weighted by Gasteiger charge is -2.23. The van der Waals surface area contributed by atoms with Crippen molar-refractivity contribution >= 4 is 11.8 Å². The van der Waals surface area contributed by atoms with E-state index in [4.69, 9.17) is 0 Å². The van der Waals surface area contributed by atoms with Crippen LogP contribution in [0.5, 0.6) is 0 Å². The molecule has 0 radical (unpaired) electrons. The molecular formula is C17H14N2O2. The first-order valence-electron chi connectivity index (χ1n) is 6.98. The van der Waals surface area contributed by atoms with Crippen LogP contribution in [-0.4, -0.2) is 28.3 Å². The van der Waals surface area contributed by atoms with E-state index in [-0.39, 0.29) is 11.8 Å². The van der Waals surface area contributed by atoms with Crippen LogP contribution in [-0.2, 0) is 13.1 Å². The number of hydrogen-bond donors (Lipinski definition) is 0. The quantitative estimate of drug-likeness (QED) is 0.845. The van der Waals surface area contributed by atoms with Crippen molar-refractivity contribution in [1.29, 1.82) is 0 Å². The molecule has 2 amide bonds. The lowest BCUT2D eigenvalue weighted by atomic mass is 10.1. The van der Waals surface area contributed by atoms with E-state index >= 15 is 0 Å². The predicted molar refractivity (Wildman–Crippen MR) is 77.5 cm³/mol. The number of benzene rings is 2. The van der Waals surface area contributed by atoms with Gasteiger partial charge in [0.05, 0.1) is 6.67 Å². The standard InChI is InChI=1S/C17H14N2O2/c20-16-14-7-3-1-5-12(14)9-18(16)11-19-10-13-6-2-4-8-15(13)17(19)21/h1-8H,9-11H2. The molecule has 0 aromatic heterocycles. The van der Waals surface area contributed by atoms with Crippen LogP contribution in [0.15, 0.2) is 48.5 Å². The Morgan fingerprint density at radius 2 is 1.14 bits per heavy atom. The van der Waals surface area contributed by atoms with Gasteiger partial charge in [-0.2, -0.15) is 0 Å². The van der Waals surface area contributed by atoms with Gasteiger partial charge in [0.2, 0.25) is 0 Å². The van der Waals surface area contributed by atoms with Crippen LogP contribution in [0, 0.1) is 0 Å². The Bertz CT molecular complexity index is 690. The molecule has 2 aliphatic rings. The molecule has 0 N–H and O–H groups in total. The average Bonchev–Trinajstić information content (AvgIpc) is 2.99. The molecule has 4 nitrogen and oxygen atoms in total. The summed E-state index contributed by atoms with van der Waals surface area (Å²) in [7, 11) is 0. The van der Waals surface area contributed by atoms with Gasteiger partial charge in [-0.15, -0.1) is 0 Å². The molecule has 4 heteroatoms. The third-order valence-electron chi connectivity index (χ3n) is 4.13. The molecule has 0 saturated carbocycles. The van der Waals surface area contributed by atoms with Crippen molar-refractivity contribution in [3.63, 3.8) is 0 Å². The fourth-order valence-electron chi connectivity index (χ4n) is 3.06. The van der Waals surface area contributed by atoms with Crippen molar-refractivity contribution < 1.29 is 9.59 Å². The summed E-state index contributed by atoms with van der Waals surface area (Å²) < 4.78 is 0. The predicted octanol–water partition coefficient (Wildman–Crippen LogP) is 2.26. The SMILES string of the molecule is O=C1c2ccccc2CN1CN1Cc2ccccc2C1=O. The molecule has 4 rings (SSSR count). The van der Waals surface area contributed by atoms with Crippen LogP contribution in [0.3, 0.4) is 0 Å². The Labute approximate surface area is 122 Å². The largest absolute Gasteiger partial charge is 0.316 e. The lowest BCUT2D eigenvalue weighted by Crippen LogP contribution is -2.38. The average molecular weight is 278 g/mol. The zero-order valence-corrected chi connectivity index (χ0v) is 11.5. The van der Waals surface area contributed by atoms with E-state index in [0.29, 0.717) is 19.8 Å². The Morgan fingerprint density at radius 3 is 1.57 bits per heavy atom. The van der Waals surface area contributed by atoms with Crippen molar-refractivity contribution in [2.75, 3.05) is 6.67 Å². The normalized spacial score (nSPS) is 16.4. The van der Waals surface area contributed by atoms with E-state index in [2.05, 4.69) is 0 Å². The van der Waals surface area contributed by atoms with Crippen molar-refractivity contribution in [2.24, 2.45) is 0 Å². The van der Waals surface area contributed by atoms with Crippen LogP contribution in [0.1, 0.15) is 31.8 Å². The van der Waals surface area contributed by atoms with E-state index in [0.717, 1.165) is 22.3 Å². The summed E-state index contributed by atoms with van der Waals surface area (Å²) in [6.07, 6.45) is 0. The van der Waals surface area contributed by atoms with Gasteiger partial charge in [-0.3, -0.25) is 9.59 Å². The smallest absolute Gasteiger partial charge is 0.255 e. The van der Waals surface area contributed by atoms with Crippen LogP contribution in [0.4, 0.5) is 0 Å². The minimum Gasteiger partial charge on any atom is -0.316 e. The molecule has 0 atom stereocenters. The maximum atomic E-state index is 12.4. The van der Waals surface area contributed by atoms with E-state index in [1.807, 2.05) is 48.5 Å². The third-order valence-corrected chi connectivity index (χ3v) is 4.13. The van der Waals surface area contributed by atoms with Crippen molar-refractivity contribution in [3.8, 4) is 0 Å². The minimum atomic E-state index is 0.00866. The second-order valence-corrected chi connectivity index (χ2v) is 5.46. The highest BCUT2D eigenvalue weighted by Gasteiger charge is 2.33. The van der Waals surface area contributed by atoms with Crippen molar-refractivity contribution in [3.05, 3.63) is 70.8 Å². The van der Waals surface area contributed by atoms with Gasteiger partial charge in [-0.1, -0.05) is 36.4 Å². The molecule has 2 aromatic rings. The maximum Gasteiger partial charge on any atom is 0.255 e.